The van der Waals surface area contributed by atoms with Gasteiger partial charge in [0.25, 0.3) is 0 Å². The maximum Gasteiger partial charge on any atom is 0.140 e. The van der Waals surface area contributed by atoms with E-state index in [4.69, 9.17) is 5.73 Å². The second-order valence-corrected chi connectivity index (χ2v) is 5.17. The number of nitrogens with two attached hydrogens (primary N) is 1. The van der Waals surface area contributed by atoms with Crippen LogP contribution < -0.4 is 5.73 Å². The molecule has 0 aliphatic heterocycles. The van der Waals surface area contributed by atoms with Gasteiger partial charge in [0.2, 0.25) is 0 Å². The van der Waals surface area contributed by atoms with Crippen LogP contribution in [0.2, 0.25) is 0 Å². The van der Waals surface area contributed by atoms with Crippen LogP contribution in [0.15, 0.2) is 46.9 Å². The number of halogens is 1. The molecule has 2 aromatic carbocycles. The molecular formula is C14H12BrN3O. The molecule has 1 heterocycles. The van der Waals surface area contributed by atoms with Crippen molar-refractivity contribution in [1.29, 1.82) is 0 Å². The highest BCUT2D eigenvalue weighted by molar-refractivity contribution is 9.10. The van der Waals surface area contributed by atoms with Crippen LogP contribution in [0, 0.1) is 0 Å². The van der Waals surface area contributed by atoms with Crippen molar-refractivity contribution >= 4 is 32.7 Å². The Bertz CT molecular complexity index is 752. The lowest BCUT2D eigenvalue weighted by Crippen LogP contribution is -2.00. The molecular weight excluding hydrogens is 306 g/mol. The predicted molar refractivity (Wildman–Crippen MR) is 79.1 cm³/mol. The summed E-state index contributed by atoms with van der Waals surface area (Å²) in [6, 6.07) is 13.4. The summed E-state index contributed by atoms with van der Waals surface area (Å²) in [6.45, 7) is -0.124. The van der Waals surface area contributed by atoms with Crippen LogP contribution in [-0.4, -0.2) is 14.7 Å². The number of hydrogen-bond donors (Lipinski definition) is 2. The van der Waals surface area contributed by atoms with Gasteiger partial charge in [0.1, 0.15) is 12.4 Å². The summed E-state index contributed by atoms with van der Waals surface area (Å²) in [5.74, 6) is 0.596. The number of rotatable bonds is 2. The lowest BCUT2D eigenvalue weighted by Gasteiger charge is -2.08. The van der Waals surface area contributed by atoms with Crippen molar-refractivity contribution in [3.8, 4) is 5.69 Å². The SMILES string of the molecule is Nc1ccc2c(c1)nc(CO)n2-c1cccc(Br)c1. The highest BCUT2D eigenvalue weighted by Gasteiger charge is 2.11. The van der Waals surface area contributed by atoms with Gasteiger partial charge in [0.05, 0.1) is 11.0 Å². The molecule has 3 aromatic rings. The highest BCUT2D eigenvalue weighted by Crippen LogP contribution is 2.25. The summed E-state index contributed by atoms with van der Waals surface area (Å²) in [5, 5.41) is 9.49. The number of nitrogens with zero attached hydrogens (tertiary/aromatic N) is 2. The van der Waals surface area contributed by atoms with Crippen molar-refractivity contribution in [1.82, 2.24) is 9.55 Å². The molecule has 0 aliphatic carbocycles. The topological polar surface area (TPSA) is 64.1 Å². The smallest absolute Gasteiger partial charge is 0.140 e. The maximum absolute atomic E-state index is 9.49. The molecule has 0 fully saturated rings. The molecule has 0 saturated carbocycles. The number of aliphatic hydroxyl groups is 1. The molecule has 0 aliphatic rings. The Hall–Kier alpha value is -1.85. The van der Waals surface area contributed by atoms with E-state index in [9.17, 15) is 5.11 Å². The van der Waals surface area contributed by atoms with E-state index in [1.54, 1.807) is 0 Å². The predicted octanol–water partition coefficient (Wildman–Crippen LogP) is 2.86. The molecule has 0 amide bonds. The second-order valence-electron chi connectivity index (χ2n) is 4.25. The van der Waals surface area contributed by atoms with Gasteiger partial charge in [-0.2, -0.15) is 0 Å². The lowest BCUT2D eigenvalue weighted by molar-refractivity contribution is 0.270. The van der Waals surface area contributed by atoms with Gasteiger partial charge in [-0.05, 0) is 36.4 Å². The average Bonchev–Trinajstić information content (AvgIpc) is 2.76. The first-order chi connectivity index (χ1) is 9.19. The Labute approximate surface area is 118 Å². The number of anilines is 1. The summed E-state index contributed by atoms with van der Waals surface area (Å²) in [7, 11) is 0. The summed E-state index contributed by atoms with van der Waals surface area (Å²) >= 11 is 3.45. The fourth-order valence-corrected chi connectivity index (χ4v) is 2.54. The number of fused-ring (bicyclic) bond motifs is 1. The normalized spacial score (nSPS) is 11.1. The van der Waals surface area contributed by atoms with E-state index in [0.717, 1.165) is 21.2 Å². The first-order valence-corrected chi connectivity index (χ1v) is 6.62. The van der Waals surface area contributed by atoms with E-state index in [1.807, 2.05) is 47.0 Å². The molecule has 19 heavy (non-hydrogen) atoms. The Morgan fingerprint density at radius 3 is 2.79 bits per heavy atom. The van der Waals surface area contributed by atoms with Crippen LogP contribution in [0.5, 0.6) is 0 Å². The molecule has 0 spiro atoms. The van der Waals surface area contributed by atoms with E-state index < -0.39 is 0 Å². The number of aromatic nitrogens is 2. The number of nitrogen functional groups attached to an aromatic ring is 1. The summed E-state index contributed by atoms with van der Waals surface area (Å²) in [4.78, 5) is 4.42. The molecule has 0 radical (unpaired) electrons. The third kappa shape index (κ3) is 2.11. The van der Waals surface area contributed by atoms with E-state index >= 15 is 0 Å². The summed E-state index contributed by atoms with van der Waals surface area (Å²) in [5.41, 5.74) is 9.09. The molecule has 5 heteroatoms. The minimum atomic E-state index is -0.124. The fourth-order valence-electron chi connectivity index (χ4n) is 2.16. The molecule has 4 nitrogen and oxygen atoms in total. The zero-order valence-electron chi connectivity index (χ0n) is 10.0. The van der Waals surface area contributed by atoms with Gasteiger partial charge in [-0.1, -0.05) is 22.0 Å². The van der Waals surface area contributed by atoms with Crippen LogP contribution in [-0.2, 0) is 6.61 Å². The van der Waals surface area contributed by atoms with Crippen LogP contribution in [0.25, 0.3) is 16.7 Å². The summed E-state index contributed by atoms with van der Waals surface area (Å²) in [6.07, 6.45) is 0. The molecule has 3 rings (SSSR count). The Balaban J connectivity index is 2.32. The molecule has 1 aromatic heterocycles. The summed E-state index contributed by atoms with van der Waals surface area (Å²) < 4.78 is 2.91. The van der Waals surface area contributed by atoms with E-state index in [1.165, 1.54) is 0 Å². The fraction of sp³-hybridized carbons (Fsp3) is 0.0714. The third-order valence-electron chi connectivity index (χ3n) is 2.96. The monoisotopic (exact) mass is 317 g/mol. The van der Waals surface area contributed by atoms with Crippen molar-refractivity contribution in [2.24, 2.45) is 0 Å². The van der Waals surface area contributed by atoms with Gasteiger partial charge >= 0.3 is 0 Å². The third-order valence-corrected chi connectivity index (χ3v) is 3.45. The molecule has 0 atom stereocenters. The van der Waals surface area contributed by atoms with E-state index in [2.05, 4.69) is 20.9 Å². The van der Waals surface area contributed by atoms with Crippen molar-refractivity contribution in [2.75, 3.05) is 5.73 Å². The zero-order chi connectivity index (χ0) is 13.4. The van der Waals surface area contributed by atoms with Crippen molar-refractivity contribution < 1.29 is 5.11 Å². The van der Waals surface area contributed by atoms with Crippen molar-refractivity contribution in [2.45, 2.75) is 6.61 Å². The Kier molecular flexibility index (Phi) is 3.00. The zero-order valence-corrected chi connectivity index (χ0v) is 11.6. The molecule has 0 unspecified atom stereocenters. The Morgan fingerprint density at radius 2 is 2.05 bits per heavy atom. The van der Waals surface area contributed by atoms with Gasteiger partial charge < -0.3 is 10.8 Å². The highest BCUT2D eigenvalue weighted by atomic mass is 79.9. The van der Waals surface area contributed by atoms with Gasteiger partial charge in [-0.3, -0.25) is 4.57 Å². The largest absolute Gasteiger partial charge is 0.399 e. The number of hydrogen-bond acceptors (Lipinski definition) is 3. The number of imidazole rings is 1. The first kappa shape index (κ1) is 12.2. The lowest BCUT2D eigenvalue weighted by atomic mass is 10.2. The molecule has 0 bridgehead atoms. The minimum Gasteiger partial charge on any atom is -0.399 e. The van der Waals surface area contributed by atoms with Crippen molar-refractivity contribution in [3.63, 3.8) is 0 Å². The van der Waals surface area contributed by atoms with E-state index in [-0.39, 0.29) is 6.61 Å². The quantitative estimate of drug-likeness (QED) is 0.714. The van der Waals surface area contributed by atoms with E-state index in [0.29, 0.717) is 11.5 Å². The van der Waals surface area contributed by atoms with Crippen LogP contribution in [0.3, 0.4) is 0 Å². The standard InChI is InChI=1S/C14H12BrN3O/c15-9-2-1-3-11(6-9)18-13-5-4-10(16)7-12(13)17-14(18)8-19/h1-7,19H,8,16H2. The second kappa shape index (κ2) is 4.68. The van der Waals surface area contributed by atoms with Crippen LogP contribution in [0.4, 0.5) is 5.69 Å². The average molecular weight is 318 g/mol. The van der Waals surface area contributed by atoms with Gasteiger partial charge in [-0.25, -0.2) is 4.98 Å². The minimum absolute atomic E-state index is 0.124. The number of benzene rings is 2. The van der Waals surface area contributed by atoms with Gasteiger partial charge in [-0.15, -0.1) is 0 Å². The van der Waals surface area contributed by atoms with Gasteiger partial charge in [0.15, 0.2) is 0 Å². The first-order valence-electron chi connectivity index (χ1n) is 5.82. The van der Waals surface area contributed by atoms with Crippen LogP contribution in [0.1, 0.15) is 5.82 Å². The molecule has 0 saturated heterocycles. The number of aliphatic hydroxyl groups excluding tert-OH is 1. The van der Waals surface area contributed by atoms with Gasteiger partial charge in [0, 0.05) is 15.8 Å². The maximum atomic E-state index is 9.49. The van der Waals surface area contributed by atoms with Crippen molar-refractivity contribution in [3.05, 3.63) is 52.8 Å². The van der Waals surface area contributed by atoms with Crippen LogP contribution >= 0.6 is 15.9 Å². The Morgan fingerprint density at radius 1 is 1.21 bits per heavy atom. The molecule has 3 N–H and O–H groups in total. The molecule has 96 valence electrons.